The van der Waals surface area contributed by atoms with Gasteiger partial charge in [0.2, 0.25) is 0 Å². The minimum absolute atomic E-state index is 0.00654. The van der Waals surface area contributed by atoms with Crippen LogP contribution >= 0.6 is 0 Å². The molecule has 1 amide bonds. The molecule has 0 aromatic heterocycles. The van der Waals surface area contributed by atoms with Gasteiger partial charge >= 0.3 is 0 Å². The molecule has 0 unspecified atom stereocenters. The van der Waals surface area contributed by atoms with Gasteiger partial charge in [0.1, 0.15) is 5.60 Å². The maximum atomic E-state index is 12.5. The number of amides is 1. The molecule has 0 spiro atoms. The van der Waals surface area contributed by atoms with Crippen molar-refractivity contribution >= 4 is 5.91 Å². The van der Waals surface area contributed by atoms with Gasteiger partial charge in [-0.15, -0.1) is 0 Å². The van der Waals surface area contributed by atoms with Gasteiger partial charge in [-0.05, 0) is 38.6 Å². The van der Waals surface area contributed by atoms with Crippen molar-refractivity contribution in [3.05, 3.63) is 35.4 Å². The SMILES string of the molecule is CCN1C[C@H](NC(=O)c2cccc(C#CC(C)(C)O)c2)[C@@H](OC)C1. The van der Waals surface area contributed by atoms with Gasteiger partial charge in [-0.2, -0.15) is 0 Å². The van der Waals surface area contributed by atoms with E-state index in [4.69, 9.17) is 4.74 Å². The highest BCUT2D eigenvalue weighted by Crippen LogP contribution is 2.14. The molecule has 0 aliphatic carbocycles. The lowest BCUT2D eigenvalue weighted by Crippen LogP contribution is -2.43. The summed E-state index contributed by atoms with van der Waals surface area (Å²) < 4.78 is 5.49. The molecule has 1 aromatic carbocycles. The molecular weight excluding hydrogens is 304 g/mol. The van der Waals surface area contributed by atoms with Crippen LogP contribution in [0.4, 0.5) is 0 Å². The zero-order chi connectivity index (χ0) is 17.7. The monoisotopic (exact) mass is 330 g/mol. The predicted octanol–water partition coefficient (Wildman–Crippen LogP) is 1.26. The fourth-order valence-corrected chi connectivity index (χ4v) is 2.70. The molecule has 24 heavy (non-hydrogen) atoms. The molecule has 1 fully saturated rings. The Balaban J connectivity index is 2.08. The van der Waals surface area contributed by atoms with E-state index in [1.165, 1.54) is 0 Å². The third-order valence-electron chi connectivity index (χ3n) is 4.05. The number of nitrogens with zero attached hydrogens (tertiary/aromatic N) is 1. The third-order valence-corrected chi connectivity index (χ3v) is 4.05. The van der Waals surface area contributed by atoms with E-state index >= 15 is 0 Å². The second kappa shape index (κ2) is 7.80. The minimum atomic E-state index is -1.06. The van der Waals surface area contributed by atoms with Gasteiger partial charge in [0.05, 0.1) is 12.1 Å². The normalized spacial score (nSPS) is 21.2. The fraction of sp³-hybridized carbons (Fsp3) is 0.526. The Bertz CT molecular complexity index is 640. The van der Waals surface area contributed by atoms with Crippen LogP contribution in [0.2, 0.25) is 0 Å². The molecule has 1 heterocycles. The van der Waals surface area contributed by atoms with Crippen LogP contribution < -0.4 is 5.32 Å². The molecule has 0 radical (unpaired) electrons. The summed E-state index contributed by atoms with van der Waals surface area (Å²) in [6.45, 7) is 7.91. The second-order valence-corrected chi connectivity index (χ2v) is 6.60. The van der Waals surface area contributed by atoms with Crippen molar-refractivity contribution in [1.29, 1.82) is 0 Å². The number of nitrogens with one attached hydrogen (secondary N) is 1. The van der Waals surface area contributed by atoms with Crippen LogP contribution in [-0.4, -0.2) is 60.4 Å². The maximum Gasteiger partial charge on any atom is 0.251 e. The van der Waals surface area contributed by atoms with E-state index in [-0.39, 0.29) is 18.1 Å². The van der Waals surface area contributed by atoms with Crippen LogP contribution in [-0.2, 0) is 4.74 Å². The molecule has 2 N–H and O–H groups in total. The van der Waals surface area contributed by atoms with Gasteiger partial charge in [-0.1, -0.05) is 24.8 Å². The smallest absolute Gasteiger partial charge is 0.251 e. The number of rotatable bonds is 4. The highest BCUT2D eigenvalue weighted by atomic mass is 16.5. The van der Waals surface area contributed by atoms with Crippen molar-refractivity contribution in [2.75, 3.05) is 26.7 Å². The molecule has 1 aliphatic rings. The first-order chi connectivity index (χ1) is 11.3. The zero-order valence-corrected chi connectivity index (χ0v) is 14.8. The second-order valence-electron chi connectivity index (χ2n) is 6.60. The van der Waals surface area contributed by atoms with Gasteiger partial charge in [-0.25, -0.2) is 0 Å². The number of aliphatic hydroxyl groups is 1. The molecule has 0 bridgehead atoms. The molecule has 1 aliphatic heterocycles. The predicted molar refractivity (Wildman–Crippen MR) is 93.8 cm³/mol. The summed E-state index contributed by atoms with van der Waals surface area (Å²) in [5.74, 6) is 5.52. The number of methoxy groups -OCH3 is 1. The van der Waals surface area contributed by atoms with Gasteiger partial charge in [0.15, 0.2) is 0 Å². The Labute approximate surface area is 144 Å². The summed E-state index contributed by atoms with van der Waals surface area (Å²) in [5.41, 5.74) is 0.203. The number of carbonyl (C=O) groups excluding carboxylic acids is 1. The number of hydrogen-bond acceptors (Lipinski definition) is 4. The topological polar surface area (TPSA) is 61.8 Å². The molecule has 1 aromatic rings. The van der Waals surface area contributed by atoms with Crippen molar-refractivity contribution in [2.45, 2.75) is 38.5 Å². The van der Waals surface area contributed by atoms with Crippen molar-refractivity contribution < 1.29 is 14.6 Å². The van der Waals surface area contributed by atoms with E-state index < -0.39 is 5.60 Å². The first-order valence-corrected chi connectivity index (χ1v) is 8.24. The summed E-state index contributed by atoms with van der Waals surface area (Å²) in [7, 11) is 1.68. The highest BCUT2D eigenvalue weighted by molar-refractivity contribution is 5.94. The molecule has 0 saturated carbocycles. The van der Waals surface area contributed by atoms with Crippen molar-refractivity contribution in [3.63, 3.8) is 0 Å². The average molecular weight is 330 g/mol. The molecule has 1 saturated heterocycles. The molecule has 5 heteroatoms. The Morgan fingerprint density at radius 3 is 2.83 bits per heavy atom. The Morgan fingerprint density at radius 1 is 1.46 bits per heavy atom. The van der Waals surface area contributed by atoms with Gasteiger partial charge in [-0.3, -0.25) is 9.69 Å². The minimum Gasteiger partial charge on any atom is -0.378 e. The van der Waals surface area contributed by atoms with Crippen LogP contribution in [0.5, 0.6) is 0 Å². The van der Waals surface area contributed by atoms with Crippen LogP contribution in [0.1, 0.15) is 36.7 Å². The Kier molecular flexibility index (Phi) is 6.00. The lowest BCUT2D eigenvalue weighted by atomic mass is 10.1. The fourth-order valence-electron chi connectivity index (χ4n) is 2.70. The number of ether oxygens (including phenoxy) is 1. The number of hydrogen-bond donors (Lipinski definition) is 2. The standard InChI is InChI=1S/C19H26N2O3/c1-5-21-12-16(17(13-21)24-4)20-18(22)15-8-6-7-14(11-15)9-10-19(2,3)23/h6-8,11,16-17,23H,5,12-13H2,1-4H3,(H,20,22)/t16-,17-/m0/s1. The van der Waals surface area contributed by atoms with E-state index in [1.54, 1.807) is 39.2 Å². The summed E-state index contributed by atoms with van der Waals surface area (Å²) in [4.78, 5) is 14.8. The van der Waals surface area contributed by atoms with Crippen molar-refractivity contribution in [3.8, 4) is 11.8 Å². The largest absolute Gasteiger partial charge is 0.378 e. The molecule has 2 atom stereocenters. The lowest BCUT2D eigenvalue weighted by molar-refractivity contribution is 0.0762. The summed E-state index contributed by atoms with van der Waals surface area (Å²) in [6, 6.07) is 7.10. The van der Waals surface area contributed by atoms with Gasteiger partial charge in [0, 0.05) is 31.3 Å². The van der Waals surface area contributed by atoms with E-state index in [0.717, 1.165) is 19.6 Å². The van der Waals surface area contributed by atoms with E-state index in [0.29, 0.717) is 11.1 Å². The highest BCUT2D eigenvalue weighted by Gasteiger charge is 2.33. The molecule has 130 valence electrons. The van der Waals surface area contributed by atoms with E-state index in [1.807, 2.05) is 6.07 Å². The first-order valence-electron chi connectivity index (χ1n) is 8.24. The summed E-state index contributed by atoms with van der Waals surface area (Å²) in [6.07, 6.45) is 0.00654. The summed E-state index contributed by atoms with van der Waals surface area (Å²) >= 11 is 0. The first kappa shape index (κ1) is 18.5. The molecular formula is C19H26N2O3. The maximum absolute atomic E-state index is 12.5. The van der Waals surface area contributed by atoms with Gasteiger partial charge in [0.25, 0.3) is 5.91 Å². The average Bonchev–Trinajstić information content (AvgIpc) is 2.94. The summed E-state index contributed by atoms with van der Waals surface area (Å²) in [5, 5.41) is 12.7. The molecule has 5 nitrogen and oxygen atoms in total. The van der Waals surface area contributed by atoms with Gasteiger partial charge < -0.3 is 15.2 Å². The third kappa shape index (κ3) is 5.07. The van der Waals surface area contributed by atoms with Crippen LogP contribution in [0.3, 0.4) is 0 Å². The number of benzene rings is 1. The lowest BCUT2D eigenvalue weighted by Gasteiger charge is -2.18. The zero-order valence-electron chi connectivity index (χ0n) is 14.8. The Morgan fingerprint density at radius 2 is 2.21 bits per heavy atom. The van der Waals surface area contributed by atoms with E-state index in [2.05, 4.69) is 29.0 Å². The number of carbonyl (C=O) groups is 1. The number of likely N-dealkylation sites (N-methyl/N-ethyl adjacent to an activating group) is 1. The van der Waals surface area contributed by atoms with Crippen molar-refractivity contribution in [1.82, 2.24) is 10.2 Å². The number of likely N-dealkylation sites (tertiary alicyclic amines) is 1. The van der Waals surface area contributed by atoms with Crippen LogP contribution in [0.25, 0.3) is 0 Å². The van der Waals surface area contributed by atoms with Crippen molar-refractivity contribution in [2.24, 2.45) is 0 Å². The molecule has 2 rings (SSSR count). The van der Waals surface area contributed by atoms with Crippen LogP contribution in [0.15, 0.2) is 24.3 Å². The quantitative estimate of drug-likeness (QED) is 0.816. The van der Waals surface area contributed by atoms with E-state index in [9.17, 15) is 9.90 Å². The Hall–Kier alpha value is -1.87. The van der Waals surface area contributed by atoms with Crippen LogP contribution in [0, 0.1) is 11.8 Å².